The Morgan fingerprint density at radius 2 is 1.81 bits per heavy atom. The van der Waals surface area contributed by atoms with Crippen molar-refractivity contribution in [3.8, 4) is 6.07 Å². The molecule has 9 heteroatoms. The molecule has 1 aromatic heterocycles. The Hall–Kier alpha value is -2.93. The van der Waals surface area contributed by atoms with E-state index in [0.29, 0.717) is 27.9 Å². The Kier molecular flexibility index (Phi) is 8.29. The minimum atomic E-state index is -0.267. The summed E-state index contributed by atoms with van der Waals surface area (Å²) in [5, 5.41) is 9.82. The molecule has 36 heavy (non-hydrogen) atoms. The van der Waals surface area contributed by atoms with Crippen molar-refractivity contribution in [2.45, 2.75) is 40.3 Å². The van der Waals surface area contributed by atoms with Gasteiger partial charge in [-0.25, -0.2) is 0 Å². The highest BCUT2D eigenvalue weighted by Crippen LogP contribution is 2.36. The number of thioether (sulfide) groups is 1. The summed E-state index contributed by atoms with van der Waals surface area (Å²) in [5.74, 6) is 0.664. The van der Waals surface area contributed by atoms with E-state index in [0.717, 1.165) is 50.5 Å². The van der Waals surface area contributed by atoms with E-state index in [1.54, 1.807) is 16.4 Å². The van der Waals surface area contributed by atoms with E-state index in [-0.39, 0.29) is 17.0 Å². The zero-order valence-electron chi connectivity index (χ0n) is 21.0. The number of rotatable bonds is 7. The number of nitrogens with zero attached hydrogens (tertiary/aromatic N) is 5. The molecule has 0 unspecified atom stereocenters. The molecule has 1 amide bonds. The van der Waals surface area contributed by atoms with E-state index >= 15 is 0 Å². The summed E-state index contributed by atoms with van der Waals surface area (Å²) >= 11 is 6.68. The van der Waals surface area contributed by atoms with Gasteiger partial charge in [-0.3, -0.25) is 24.0 Å². The maximum Gasteiger partial charge on any atom is 0.270 e. The molecule has 2 aliphatic heterocycles. The predicted molar refractivity (Wildman–Crippen MR) is 150 cm³/mol. The second kappa shape index (κ2) is 11.4. The summed E-state index contributed by atoms with van der Waals surface area (Å²) in [5.41, 5.74) is 2.51. The quantitative estimate of drug-likeness (QED) is 0.403. The van der Waals surface area contributed by atoms with Crippen molar-refractivity contribution >= 4 is 46.1 Å². The van der Waals surface area contributed by atoms with Crippen LogP contribution in [0.3, 0.4) is 0 Å². The molecule has 2 saturated heterocycles. The SMILES string of the molecule is CCCn1c(N2CCN(Cc3ccccc3)CC2)c(/C=C2\SC(=S)N(CC)C2=O)c(C)c(C#N)c1=O. The fourth-order valence-electron chi connectivity index (χ4n) is 4.78. The first-order valence-corrected chi connectivity index (χ1v) is 13.6. The number of benzene rings is 1. The Morgan fingerprint density at radius 3 is 2.39 bits per heavy atom. The Bertz CT molecular complexity index is 1290. The lowest BCUT2D eigenvalue weighted by Gasteiger charge is -2.38. The van der Waals surface area contributed by atoms with Gasteiger partial charge in [0.05, 0.1) is 4.91 Å². The highest BCUT2D eigenvalue weighted by molar-refractivity contribution is 8.26. The van der Waals surface area contributed by atoms with Crippen LogP contribution in [0.1, 0.15) is 42.5 Å². The van der Waals surface area contributed by atoms with Gasteiger partial charge in [-0.15, -0.1) is 0 Å². The molecule has 0 atom stereocenters. The van der Waals surface area contributed by atoms with Gasteiger partial charge in [-0.2, -0.15) is 5.26 Å². The van der Waals surface area contributed by atoms with Crippen LogP contribution in [0.25, 0.3) is 6.08 Å². The monoisotopic (exact) mass is 521 g/mol. The van der Waals surface area contributed by atoms with Gasteiger partial charge in [0.1, 0.15) is 21.8 Å². The van der Waals surface area contributed by atoms with Gasteiger partial charge in [-0.05, 0) is 37.5 Å². The first kappa shape index (κ1) is 26.1. The molecule has 0 bridgehead atoms. The van der Waals surface area contributed by atoms with Gasteiger partial charge in [0.25, 0.3) is 11.5 Å². The molecule has 2 fully saturated rings. The number of likely N-dealkylation sites (N-methyl/N-ethyl adjacent to an activating group) is 1. The number of hydrogen-bond acceptors (Lipinski definition) is 7. The highest BCUT2D eigenvalue weighted by atomic mass is 32.2. The molecule has 0 radical (unpaired) electrons. The van der Waals surface area contributed by atoms with Crippen molar-refractivity contribution in [3.63, 3.8) is 0 Å². The molecule has 7 nitrogen and oxygen atoms in total. The lowest BCUT2D eigenvalue weighted by atomic mass is 10.0. The molecular weight excluding hydrogens is 490 g/mol. The normalized spacial score (nSPS) is 17.8. The molecule has 2 aliphatic rings. The van der Waals surface area contributed by atoms with Crippen molar-refractivity contribution in [1.29, 1.82) is 5.26 Å². The second-order valence-corrected chi connectivity index (χ2v) is 10.7. The average Bonchev–Trinajstić information content (AvgIpc) is 3.15. The molecule has 0 N–H and O–H groups in total. The summed E-state index contributed by atoms with van der Waals surface area (Å²) in [6, 6.07) is 12.5. The van der Waals surface area contributed by atoms with E-state index in [1.807, 2.05) is 26.0 Å². The Morgan fingerprint density at radius 1 is 1.11 bits per heavy atom. The zero-order chi connectivity index (χ0) is 25.8. The molecule has 188 valence electrons. The number of hydrogen-bond donors (Lipinski definition) is 0. The molecule has 3 heterocycles. The fraction of sp³-hybridized carbons (Fsp3) is 0.407. The zero-order valence-corrected chi connectivity index (χ0v) is 22.6. The Labute approximate surface area is 222 Å². The highest BCUT2D eigenvalue weighted by Gasteiger charge is 2.32. The largest absolute Gasteiger partial charge is 0.355 e. The van der Waals surface area contributed by atoms with Crippen molar-refractivity contribution in [1.82, 2.24) is 14.4 Å². The number of amides is 1. The number of anilines is 1. The number of pyridine rings is 1. The first-order chi connectivity index (χ1) is 17.4. The van der Waals surface area contributed by atoms with Gasteiger partial charge < -0.3 is 4.90 Å². The van der Waals surface area contributed by atoms with E-state index in [2.05, 4.69) is 40.1 Å². The number of aromatic nitrogens is 1. The molecular formula is C27H31N5O2S2. The summed E-state index contributed by atoms with van der Waals surface area (Å²) in [6.07, 6.45) is 2.59. The lowest BCUT2D eigenvalue weighted by molar-refractivity contribution is -0.121. The predicted octanol–water partition coefficient (Wildman–Crippen LogP) is 3.98. The number of piperazine rings is 1. The maximum atomic E-state index is 13.4. The second-order valence-electron chi connectivity index (χ2n) is 8.98. The molecule has 0 saturated carbocycles. The number of carbonyl (C=O) groups excluding carboxylic acids is 1. The van der Waals surface area contributed by atoms with E-state index in [9.17, 15) is 14.9 Å². The van der Waals surface area contributed by atoms with Crippen LogP contribution in [0.15, 0.2) is 40.0 Å². The van der Waals surface area contributed by atoms with Crippen LogP contribution < -0.4 is 10.5 Å². The van der Waals surface area contributed by atoms with Gasteiger partial charge in [0, 0.05) is 51.4 Å². The molecule has 4 rings (SSSR count). The third-order valence-corrected chi connectivity index (χ3v) is 8.06. The number of carbonyl (C=O) groups is 1. The van der Waals surface area contributed by atoms with E-state index < -0.39 is 0 Å². The minimum absolute atomic E-state index is 0.128. The first-order valence-electron chi connectivity index (χ1n) is 12.3. The Balaban J connectivity index is 1.74. The van der Waals surface area contributed by atoms with Crippen LogP contribution in [0.2, 0.25) is 0 Å². The van der Waals surface area contributed by atoms with Gasteiger partial charge in [-0.1, -0.05) is 61.2 Å². The molecule has 1 aromatic carbocycles. The van der Waals surface area contributed by atoms with Crippen LogP contribution in [-0.4, -0.2) is 57.3 Å². The topological polar surface area (TPSA) is 72.6 Å². The summed E-state index contributed by atoms with van der Waals surface area (Å²) in [6.45, 7) is 10.8. The van der Waals surface area contributed by atoms with Crippen LogP contribution in [0.4, 0.5) is 5.82 Å². The standard InChI is InChI=1S/C27H31N5O2S2/c1-4-11-32-24(30-14-12-29(13-15-30)18-20-9-7-6-8-10-20)21(19(3)22(17-28)25(32)33)16-23-26(34)31(5-2)27(35)36-23/h6-10,16H,4-5,11-15,18H2,1-3H3/b23-16-. The maximum absolute atomic E-state index is 13.4. The van der Waals surface area contributed by atoms with Crippen LogP contribution in [0.5, 0.6) is 0 Å². The van der Waals surface area contributed by atoms with Crippen molar-refractivity contribution in [2.75, 3.05) is 37.6 Å². The molecule has 0 aliphatic carbocycles. The van der Waals surface area contributed by atoms with Crippen molar-refractivity contribution in [3.05, 3.63) is 67.8 Å². The van der Waals surface area contributed by atoms with Crippen LogP contribution in [-0.2, 0) is 17.9 Å². The lowest BCUT2D eigenvalue weighted by Crippen LogP contribution is -2.48. The summed E-state index contributed by atoms with van der Waals surface area (Å²) < 4.78 is 2.26. The third-order valence-electron chi connectivity index (χ3n) is 6.68. The summed E-state index contributed by atoms with van der Waals surface area (Å²) in [7, 11) is 0. The fourth-order valence-corrected chi connectivity index (χ4v) is 6.15. The van der Waals surface area contributed by atoms with Crippen LogP contribution >= 0.6 is 24.0 Å². The number of nitriles is 1. The van der Waals surface area contributed by atoms with Crippen molar-refractivity contribution in [2.24, 2.45) is 0 Å². The van der Waals surface area contributed by atoms with E-state index in [4.69, 9.17) is 12.2 Å². The average molecular weight is 522 g/mol. The minimum Gasteiger partial charge on any atom is -0.355 e. The van der Waals surface area contributed by atoms with Crippen molar-refractivity contribution < 1.29 is 4.79 Å². The van der Waals surface area contributed by atoms with Gasteiger partial charge in [0.15, 0.2) is 0 Å². The summed E-state index contributed by atoms with van der Waals surface area (Å²) in [4.78, 5) is 33.1. The smallest absolute Gasteiger partial charge is 0.270 e. The molecule has 2 aromatic rings. The van der Waals surface area contributed by atoms with Crippen LogP contribution in [0, 0.1) is 18.3 Å². The third kappa shape index (κ3) is 5.12. The molecule has 0 spiro atoms. The van der Waals surface area contributed by atoms with Gasteiger partial charge in [0.2, 0.25) is 0 Å². The van der Waals surface area contributed by atoms with Gasteiger partial charge >= 0.3 is 0 Å². The van der Waals surface area contributed by atoms with E-state index in [1.165, 1.54) is 17.3 Å². The number of thiocarbonyl (C=S) groups is 1.